The topological polar surface area (TPSA) is 85.0 Å². The van der Waals surface area contributed by atoms with Gasteiger partial charge >= 0.3 is 6.18 Å². The van der Waals surface area contributed by atoms with Crippen molar-refractivity contribution in [2.75, 3.05) is 13.1 Å². The highest BCUT2D eigenvalue weighted by atomic mass is 19.4. The number of halogens is 3. The number of hydrogen-bond donors (Lipinski definition) is 0. The number of benzene rings is 2. The van der Waals surface area contributed by atoms with Crippen LogP contribution < -0.4 is 0 Å². The van der Waals surface area contributed by atoms with Crippen LogP contribution in [0.1, 0.15) is 40.7 Å². The van der Waals surface area contributed by atoms with Crippen LogP contribution >= 0.6 is 0 Å². The number of fused-ring (bicyclic) bond motifs is 1. The van der Waals surface area contributed by atoms with Crippen LogP contribution in [0, 0.1) is 0 Å². The van der Waals surface area contributed by atoms with Gasteiger partial charge in [-0.3, -0.25) is 9.78 Å². The first-order chi connectivity index (χ1) is 15.9. The first kappa shape index (κ1) is 21.0. The molecule has 0 bridgehead atoms. The number of hydrogen-bond acceptors (Lipinski definition) is 6. The Morgan fingerprint density at radius 1 is 1.03 bits per heavy atom. The molecule has 1 fully saturated rings. The number of carbonyl (C=O) groups excluding carboxylic acids is 1. The van der Waals surface area contributed by atoms with Gasteiger partial charge in [0.05, 0.1) is 28.7 Å². The molecule has 0 N–H and O–H groups in total. The van der Waals surface area contributed by atoms with E-state index in [0.717, 1.165) is 25.0 Å². The van der Waals surface area contributed by atoms with Gasteiger partial charge in [0.15, 0.2) is 0 Å². The molecule has 0 saturated carbocycles. The molecule has 3 heterocycles. The molecule has 0 radical (unpaired) electrons. The minimum atomic E-state index is -4.41. The molecule has 0 spiro atoms. The molecular weight excluding hydrogens is 435 g/mol. The predicted octanol–water partition coefficient (Wildman–Crippen LogP) is 4.72. The molecule has 1 aliphatic rings. The van der Waals surface area contributed by atoms with Crippen LogP contribution in [0.15, 0.2) is 59.1 Å². The third-order valence-corrected chi connectivity index (χ3v) is 5.63. The summed E-state index contributed by atoms with van der Waals surface area (Å²) in [6, 6.07) is 11.9. The second kappa shape index (κ2) is 8.27. The lowest BCUT2D eigenvalue weighted by molar-refractivity contribution is -0.137. The van der Waals surface area contributed by atoms with Gasteiger partial charge < -0.3 is 9.32 Å². The highest BCUT2D eigenvalue weighted by Gasteiger charge is 2.31. The Morgan fingerprint density at radius 3 is 2.55 bits per heavy atom. The van der Waals surface area contributed by atoms with Crippen molar-refractivity contribution in [3.05, 3.63) is 71.9 Å². The molecule has 168 valence electrons. The van der Waals surface area contributed by atoms with Gasteiger partial charge in [0.25, 0.3) is 5.91 Å². The summed E-state index contributed by atoms with van der Waals surface area (Å²) in [5.41, 5.74) is 1.29. The van der Waals surface area contributed by atoms with E-state index in [0.29, 0.717) is 35.6 Å². The van der Waals surface area contributed by atoms with Gasteiger partial charge in [-0.05, 0) is 49.2 Å². The lowest BCUT2D eigenvalue weighted by Crippen LogP contribution is -2.39. The smallest absolute Gasteiger partial charge is 0.416 e. The summed E-state index contributed by atoms with van der Waals surface area (Å²) in [6.45, 7) is 0.950. The van der Waals surface area contributed by atoms with E-state index in [2.05, 4.69) is 20.2 Å². The molecule has 7 nitrogen and oxygen atoms in total. The zero-order valence-electron chi connectivity index (χ0n) is 17.3. The zero-order chi connectivity index (χ0) is 23.0. The summed E-state index contributed by atoms with van der Waals surface area (Å²) in [6.07, 6.45) is -1.44. The molecule has 1 unspecified atom stereocenters. The van der Waals surface area contributed by atoms with Gasteiger partial charge in [-0.25, -0.2) is 4.98 Å². The highest BCUT2D eigenvalue weighted by molar-refractivity contribution is 5.93. The molecule has 5 rings (SSSR count). The molecular formula is C23H18F3N5O2. The molecule has 2 aromatic carbocycles. The number of nitrogens with zero attached hydrogens (tertiary/aromatic N) is 5. The maximum atomic E-state index is 13.0. The largest absolute Gasteiger partial charge is 0.420 e. The van der Waals surface area contributed by atoms with Crippen LogP contribution in [0.2, 0.25) is 0 Å². The Hall–Kier alpha value is -3.82. The van der Waals surface area contributed by atoms with Crippen LogP contribution in [-0.2, 0) is 6.18 Å². The normalized spacial score (nSPS) is 16.8. The second-order valence-corrected chi connectivity index (χ2v) is 7.85. The summed E-state index contributed by atoms with van der Waals surface area (Å²) in [5.74, 6) is 0.0989. The number of para-hydroxylation sites is 2. The summed E-state index contributed by atoms with van der Waals surface area (Å²) in [7, 11) is 0. The van der Waals surface area contributed by atoms with Crippen molar-refractivity contribution in [1.29, 1.82) is 0 Å². The van der Waals surface area contributed by atoms with Crippen molar-refractivity contribution in [3.8, 4) is 11.5 Å². The molecule has 1 atom stereocenters. The Labute approximate surface area is 186 Å². The summed E-state index contributed by atoms with van der Waals surface area (Å²) in [5, 5.41) is 8.08. The Balaban J connectivity index is 1.31. The molecule has 10 heteroatoms. The van der Waals surface area contributed by atoms with Crippen LogP contribution in [-0.4, -0.2) is 44.1 Å². The van der Waals surface area contributed by atoms with Crippen molar-refractivity contribution in [3.63, 3.8) is 0 Å². The lowest BCUT2D eigenvalue weighted by Gasteiger charge is -2.30. The van der Waals surface area contributed by atoms with E-state index < -0.39 is 11.7 Å². The van der Waals surface area contributed by atoms with Crippen LogP contribution in [0.3, 0.4) is 0 Å². The number of likely N-dealkylation sites (tertiary alicyclic amines) is 1. The number of carbonyl (C=O) groups is 1. The quantitative estimate of drug-likeness (QED) is 0.446. The maximum absolute atomic E-state index is 13.0. The number of amides is 1. The first-order valence-corrected chi connectivity index (χ1v) is 10.4. The predicted molar refractivity (Wildman–Crippen MR) is 112 cm³/mol. The fourth-order valence-electron chi connectivity index (χ4n) is 3.90. The third-order valence-electron chi connectivity index (χ3n) is 5.63. The minimum Gasteiger partial charge on any atom is -0.420 e. The van der Waals surface area contributed by atoms with Gasteiger partial charge in [-0.15, -0.1) is 10.2 Å². The zero-order valence-corrected chi connectivity index (χ0v) is 17.3. The number of alkyl halides is 3. The average molecular weight is 453 g/mol. The molecule has 0 aliphatic carbocycles. The van der Waals surface area contributed by atoms with Gasteiger partial charge in [0, 0.05) is 18.7 Å². The molecule has 2 aromatic heterocycles. The maximum Gasteiger partial charge on any atom is 0.416 e. The molecule has 1 aliphatic heterocycles. The summed E-state index contributed by atoms with van der Waals surface area (Å²) >= 11 is 0. The molecule has 1 saturated heterocycles. The van der Waals surface area contributed by atoms with Crippen molar-refractivity contribution >= 4 is 16.9 Å². The van der Waals surface area contributed by atoms with Crippen LogP contribution in [0.25, 0.3) is 22.5 Å². The van der Waals surface area contributed by atoms with Crippen molar-refractivity contribution < 1.29 is 22.4 Å². The monoisotopic (exact) mass is 453 g/mol. The molecule has 33 heavy (non-hydrogen) atoms. The van der Waals surface area contributed by atoms with Gasteiger partial charge in [-0.1, -0.05) is 12.1 Å². The number of rotatable bonds is 3. The van der Waals surface area contributed by atoms with E-state index >= 15 is 0 Å². The fraction of sp³-hybridized carbons (Fsp3) is 0.261. The van der Waals surface area contributed by atoms with Gasteiger partial charge in [-0.2, -0.15) is 13.2 Å². The number of aromatic nitrogens is 4. The second-order valence-electron chi connectivity index (χ2n) is 7.85. The lowest BCUT2D eigenvalue weighted by atomic mass is 9.98. The van der Waals surface area contributed by atoms with E-state index in [4.69, 9.17) is 4.42 Å². The van der Waals surface area contributed by atoms with E-state index in [1.807, 2.05) is 18.2 Å². The van der Waals surface area contributed by atoms with Gasteiger partial charge in [0.1, 0.15) is 5.69 Å². The Morgan fingerprint density at radius 2 is 1.79 bits per heavy atom. The molecule has 4 aromatic rings. The van der Waals surface area contributed by atoms with E-state index in [9.17, 15) is 18.0 Å². The Bertz CT molecular complexity index is 1300. The van der Waals surface area contributed by atoms with E-state index in [1.54, 1.807) is 11.0 Å². The minimum absolute atomic E-state index is 0.141. The Kier molecular flexibility index (Phi) is 5.27. The van der Waals surface area contributed by atoms with Crippen molar-refractivity contribution in [1.82, 2.24) is 25.1 Å². The number of piperidine rings is 1. The summed E-state index contributed by atoms with van der Waals surface area (Å²) < 4.78 is 44.1. The SMILES string of the molecule is O=C(c1cnc2ccccc2n1)N1CCCC(c2nnc(-c3ccc(C(F)(F)F)cc3)o2)C1. The average Bonchev–Trinajstić information content (AvgIpc) is 3.33. The fourth-order valence-corrected chi connectivity index (χ4v) is 3.90. The third kappa shape index (κ3) is 4.28. The first-order valence-electron chi connectivity index (χ1n) is 10.4. The van der Waals surface area contributed by atoms with Crippen LogP contribution in [0.5, 0.6) is 0 Å². The van der Waals surface area contributed by atoms with Crippen LogP contribution in [0.4, 0.5) is 13.2 Å². The summed E-state index contributed by atoms with van der Waals surface area (Å²) in [4.78, 5) is 23.5. The standard InChI is InChI=1S/C23H18F3N5O2/c24-23(25,26)16-9-7-14(8-10-16)20-29-30-21(33-20)15-4-3-11-31(13-15)22(32)19-12-27-17-5-1-2-6-18(17)28-19/h1-2,5-10,12,15H,3-4,11,13H2. The van der Waals surface area contributed by atoms with Crippen molar-refractivity contribution in [2.24, 2.45) is 0 Å². The van der Waals surface area contributed by atoms with Gasteiger partial charge in [0.2, 0.25) is 11.8 Å². The highest BCUT2D eigenvalue weighted by Crippen LogP contribution is 2.32. The molecule has 1 amide bonds. The van der Waals surface area contributed by atoms with Crippen molar-refractivity contribution in [2.45, 2.75) is 24.9 Å². The van der Waals surface area contributed by atoms with E-state index in [1.165, 1.54) is 18.3 Å². The van der Waals surface area contributed by atoms with E-state index in [-0.39, 0.29) is 23.4 Å².